The van der Waals surface area contributed by atoms with Crippen molar-refractivity contribution in [3.8, 4) is 23.0 Å². The van der Waals surface area contributed by atoms with Gasteiger partial charge in [-0.2, -0.15) is 0 Å². The maximum atomic E-state index is 13.2. The van der Waals surface area contributed by atoms with Crippen LogP contribution in [-0.4, -0.2) is 184 Å². The third-order valence-electron chi connectivity index (χ3n) is 16.8. The van der Waals surface area contributed by atoms with Gasteiger partial charge in [0, 0.05) is 76.0 Å². The second-order valence-electron chi connectivity index (χ2n) is 26.1. The van der Waals surface area contributed by atoms with Crippen LogP contribution in [0.2, 0.25) is 0 Å². The van der Waals surface area contributed by atoms with E-state index in [4.69, 9.17) is 95.0 Å². The molecule has 17 atom stereocenters. The summed E-state index contributed by atoms with van der Waals surface area (Å²) in [6.45, 7) is 22.1. The molecule has 92 heavy (non-hydrogen) atoms. The van der Waals surface area contributed by atoms with Crippen molar-refractivity contribution in [3.63, 3.8) is 0 Å². The van der Waals surface area contributed by atoms with Crippen molar-refractivity contribution in [1.82, 2.24) is 5.32 Å². The van der Waals surface area contributed by atoms with E-state index >= 15 is 0 Å². The first kappa shape index (κ1) is 80.8. The Bertz CT molecular complexity index is 2880. The number of rotatable bonds is 23. The summed E-state index contributed by atoms with van der Waals surface area (Å²) in [6.07, 6.45) is 2.38. The molecule has 3 aromatic carbocycles. The SMILES string of the molecule is CC[C@H]1O[C@@H](C)CC1CP(C)([O-])=S.COCC(C)CCCCNC(=O)c1ccc2c(c1)C(=O)OC21c2ccc(O)cc2Oc2cc(O)ccc21.COC[C@H]1O[C@@H](C)CC1CP(C)(=O)[S-].COC[C@H]1O[C@@H](C)CC1CP(C)([O-])=S.COC[C@H]1O[C@@H](C)CC1CP(C)([O-])=S. The zero-order valence-electron chi connectivity index (χ0n) is 56.1. The van der Waals surface area contributed by atoms with E-state index in [1.807, 2.05) is 20.8 Å². The lowest BCUT2D eigenvalue weighted by Crippen LogP contribution is -2.33. The molecular formula is C65H101NO18P4S4-4. The summed E-state index contributed by atoms with van der Waals surface area (Å²) in [5.41, 5.74) is 0.935. The Labute approximate surface area is 567 Å². The van der Waals surface area contributed by atoms with E-state index in [1.54, 1.807) is 85.4 Å². The van der Waals surface area contributed by atoms with Gasteiger partial charge in [-0.3, -0.25) is 4.79 Å². The zero-order valence-corrected chi connectivity index (χ0v) is 62.9. The van der Waals surface area contributed by atoms with Crippen LogP contribution in [0.4, 0.5) is 0 Å². The van der Waals surface area contributed by atoms with Gasteiger partial charge in [0.15, 0.2) is 5.60 Å². The molecule has 6 heterocycles. The lowest BCUT2D eigenvalue weighted by atomic mass is 9.77. The molecule has 4 saturated heterocycles. The molecule has 3 aromatic rings. The summed E-state index contributed by atoms with van der Waals surface area (Å²) in [4.78, 5) is 60.6. The highest BCUT2D eigenvalue weighted by Gasteiger charge is 2.54. The largest absolute Gasteiger partial charge is 0.821 e. The molecule has 4 fully saturated rings. The maximum absolute atomic E-state index is 13.2. The predicted molar refractivity (Wildman–Crippen MR) is 372 cm³/mol. The number of carbonyl (C=O) groups is 2. The Balaban J connectivity index is 0.000000232. The molecule has 9 rings (SSSR count). The summed E-state index contributed by atoms with van der Waals surface area (Å²) in [6, 6.07) is 14.1. The van der Waals surface area contributed by atoms with Crippen molar-refractivity contribution in [2.45, 2.75) is 147 Å². The first-order valence-corrected chi connectivity index (χ1v) is 45.1. The van der Waals surface area contributed by atoms with E-state index < -0.39 is 36.7 Å². The fourth-order valence-corrected chi connectivity index (χ4v) is 20.5. The van der Waals surface area contributed by atoms with Crippen LogP contribution in [0.15, 0.2) is 54.6 Å². The molecule has 19 nitrogen and oxygen atoms in total. The van der Waals surface area contributed by atoms with Crippen molar-refractivity contribution < 1.29 is 86.4 Å². The Hall–Kier alpha value is -1.91. The van der Waals surface area contributed by atoms with Gasteiger partial charge in [0.1, 0.15) is 23.0 Å². The average Bonchev–Trinajstić information content (AvgIpc) is 1.45. The average molecular weight is 1440 g/mol. The monoisotopic (exact) mass is 1440 g/mol. The van der Waals surface area contributed by atoms with Crippen LogP contribution < -0.4 is 24.7 Å². The molecule has 3 N–H and O–H groups in total. The normalized spacial score (nSPS) is 28.5. The number of amides is 1. The number of phenols is 2. The highest BCUT2D eigenvalue weighted by molar-refractivity contribution is 8.36. The molecule has 1 spiro atoms. The summed E-state index contributed by atoms with van der Waals surface area (Å²) >= 11 is 19.8. The summed E-state index contributed by atoms with van der Waals surface area (Å²) in [5.74, 6) is 1.57. The second-order valence-corrected chi connectivity index (χ2v) is 44.9. The van der Waals surface area contributed by atoms with E-state index in [0.29, 0.717) is 120 Å². The van der Waals surface area contributed by atoms with E-state index in [9.17, 15) is 39.0 Å². The van der Waals surface area contributed by atoms with Gasteiger partial charge in [-0.05, 0) is 196 Å². The highest BCUT2D eigenvalue weighted by Crippen LogP contribution is 2.57. The van der Waals surface area contributed by atoms with Crippen molar-refractivity contribution in [2.75, 3.05) is 113 Å². The minimum atomic E-state index is -2.35. The summed E-state index contributed by atoms with van der Waals surface area (Å²) in [5, 5.41) is 23.0. The molecule has 9 unspecified atom stereocenters. The smallest absolute Gasteiger partial charge is 0.340 e. The lowest BCUT2D eigenvalue weighted by Gasteiger charge is -2.36. The van der Waals surface area contributed by atoms with Crippen LogP contribution in [-0.2, 0) is 100 Å². The number of fused-ring (bicyclic) bond motifs is 6. The standard InChI is InChI=1S/C29H29NO7.3C9H19O3PS.C9H19O2PS/c1-17(16-35-2)5-3-4-12-30-27(33)18-6-9-22-21(13-18)28(34)37-29(22)23-10-7-19(31)14-25(23)36-26-15-20(32)8-11-24(26)29;3*1-7-4-8(6-13(3,10)14)9(12-7)5-11-2;1-4-9-8(5-7(2)11-9)6-12(3,10)13/h6-11,13-15,17,31-32H,3-5,12,16H2,1-2H3,(H,30,33);3*7-9H,4-6H2,1-3H3,(H,10,14);7-9H,4-6H2,1-3H3,(H,10,13)/p-4/t;3*7-,8?,9+,13?;7-,8?,9+,12?/m.0000/s1. The van der Waals surface area contributed by atoms with E-state index in [-0.39, 0.29) is 65.7 Å². The minimum absolute atomic E-state index is 0.0118. The molecule has 27 heteroatoms. The fourth-order valence-electron chi connectivity index (χ4n) is 13.2. The highest BCUT2D eigenvalue weighted by atomic mass is 32.7. The van der Waals surface area contributed by atoms with Crippen LogP contribution in [0.1, 0.15) is 130 Å². The lowest BCUT2D eigenvalue weighted by molar-refractivity contribution is -0.161. The number of unbranched alkanes of at least 4 members (excludes halogenated alkanes) is 1. The molecule has 522 valence electrons. The molecule has 0 radical (unpaired) electrons. The fraction of sp³-hybridized carbons (Fsp3) is 0.692. The third-order valence-corrected chi connectivity index (χ3v) is 23.1. The van der Waals surface area contributed by atoms with Crippen molar-refractivity contribution in [2.24, 2.45) is 29.6 Å². The van der Waals surface area contributed by atoms with Crippen molar-refractivity contribution in [1.29, 1.82) is 0 Å². The first-order chi connectivity index (χ1) is 43.0. The Morgan fingerprint density at radius 3 is 1.43 bits per heavy atom. The quantitative estimate of drug-likeness (QED) is 0.0345. The number of hydrogen-bond acceptors (Lipinski definition) is 22. The van der Waals surface area contributed by atoms with Crippen molar-refractivity contribution in [3.05, 3.63) is 82.4 Å². The van der Waals surface area contributed by atoms with Crippen LogP contribution in [0.5, 0.6) is 23.0 Å². The molecule has 0 saturated carbocycles. The number of phenolic OH excluding ortho intramolecular Hbond substituents is 2. The van der Waals surface area contributed by atoms with Gasteiger partial charge in [-0.25, -0.2) is 4.79 Å². The van der Waals surface area contributed by atoms with E-state index in [0.717, 1.165) is 58.0 Å². The van der Waals surface area contributed by atoms with Crippen LogP contribution in [0.25, 0.3) is 0 Å². The first-order valence-electron chi connectivity index (χ1n) is 31.7. The number of nitrogens with one attached hydrogen (secondary N) is 1. The number of esters is 1. The van der Waals surface area contributed by atoms with Gasteiger partial charge in [-0.15, -0.1) is 54.2 Å². The van der Waals surface area contributed by atoms with E-state index in [1.165, 1.54) is 24.3 Å². The maximum Gasteiger partial charge on any atom is 0.340 e. The minimum Gasteiger partial charge on any atom is -0.821 e. The van der Waals surface area contributed by atoms with Gasteiger partial charge in [0.05, 0.1) is 74.2 Å². The topological polar surface area (TPSA) is 265 Å². The van der Waals surface area contributed by atoms with Gasteiger partial charge >= 0.3 is 5.97 Å². The number of methoxy groups -OCH3 is 4. The van der Waals surface area contributed by atoms with Gasteiger partial charge in [-0.1, -0.05) is 26.3 Å². The van der Waals surface area contributed by atoms with Gasteiger partial charge in [0.25, 0.3) is 5.91 Å². The number of hydrogen-bond donors (Lipinski definition) is 3. The van der Waals surface area contributed by atoms with Crippen LogP contribution >= 0.6 is 25.1 Å². The molecule has 6 aliphatic heterocycles. The Morgan fingerprint density at radius 1 is 0.641 bits per heavy atom. The molecule has 0 aliphatic carbocycles. The van der Waals surface area contributed by atoms with Crippen LogP contribution in [0, 0.1) is 29.6 Å². The summed E-state index contributed by atoms with van der Waals surface area (Å²) in [7, 11) is 6.66. The molecular weight excluding hydrogens is 1330 g/mol. The molecule has 0 bridgehead atoms. The van der Waals surface area contributed by atoms with Gasteiger partial charge in [0.2, 0.25) is 0 Å². The number of aromatic hydroxyl groups is 2. The Morgan fingerprint density at radius 2 is 1.04 bits per heavy atom. The number of ether oxygens (including phenoxy) is 10. The second kappa shape index (κ2) is 36.8. The number of benzene rings is 3. The molecule has 6 aliphatic rings. The predicted octanol–water partition coefficient (Wildman–Crippen LogP) is 9.93. The Kier molecular flexibility index (Phi) is 32.3. The van der Waals surface area contributed by atoms with Gasteiger partial charge < -0.3 is 94.4 Å². The summed E-state index contributed by atoms with van der Waals surface area (Å²) < 4.78 is 66.6. The number of carbonyl (C=O) groups excluding carboxylic acids is 2. The van der Waals surface area contributed by atoms with E-state index in [2.05, 4.69) is 26.1 Å². The molecule has 1 amide bonds. The van der Waals surface area contributed by atoms with Crippen molar-refractivity contribution >= 4 is 84.7 Å². The zero-order chi connectivity index (χ0) is 68.5. The van der Waals surface area contributed by atoms with Crippen LogP contribution in [0.3, 0.4) is 0 Å². The molecule has 0 aromatic heterocycles. The third kappa shape index (κ3) is 25.4.